The Bertz CT molecular complexity index is 1190. The van der Waals surface area contributed by atoms with Crippen LogP contribution in [0.2, 0.25) is 0 Å². The minimum Gasteiger partial charge on any atom is -0.382 e. The van der Waals surface area contributed by atoms with Crippen molar-refractivity contribution in [3.05, 3.63) is 42.3 Å². The summed E-state index contributed by atoms with van der Waals surface area (Å²) in [6.07, 6.45) is 2.80. The SMILES string of the molecule is COCC1CC(Nc2nccc(-c3cccc(-c4cc([C@]5(O)CCN(C)C5=O)on4)n3)n2)CO1. The van der Waals surface area contributed by atoms with Gasteiger partial charge in [0.25, 0.3) is 5.91 Å². The Labute approximate surface area is 196 Å². The van der Waals surface area contributed by atoms with E-state index in [9.17, 15) is 9.90 Å². The summed E-state index contributed by atoms with van der Waals surface area (Å²) in [5.41, 5.74) is 0.531. The van der Waals surface area contributed by atoms with Gasteiger partial charge in [-0.15, -0.1) is 0 Å². The predicted molar refractivity (Wildman–Crippen MR) is 121 cm³/mol. The van der Waals surface area contributed by atoms with Gasteiger partial charge in [0.2, 0.25) is 11.5 Å². The molecule has 2 fully saturated rings. The normalized spacial score (nSPS) is 24.7. The second kappa shape index (κ2) is 9.09. The van der Waals surface area contributed by atoms with Gasteiger partial charge in [0.15, 0.2) is 5.76 Å². The smallest absolute Gasteiger partial charge is 0.262 e. The van der Waals surface area contributed by atoms with Crippen LogP contribution in [0.25, 0.3) is 22.8 Å². The Kier molecular flexibility index (Phi) is 5.98. The van der Waals surface area contributed by atoms with Crippen molar-refractivity contribution in [1.82, 2.24) is 25.0 Å². The van der Waals surface area contributed by atoms with Gasteiger partial charge in [-0.05, 0) is 24.6 Å². The molecule has 34 heavy (non-hydrogen) atoms. The Morgan fingerprint density at radius 3 is 2.79 bits per heavy atom. The van der Waals surface area contributed by atoms with Crippen LogP contribution in [0, 0.1) is 0 Å². The maximum absolute atomic E-state index is 12.4. The van der Waals surface area contributed by atoms with Crippen molar-refractivity contribution in [3.63, 3.8) is 0 Å². The molecular weight excluding hydrogens is 440 g/mol. The number of rotatable bonds is 7. The molecule has 0 aromatic carbocycles. The quantitative estimate of drug-likeness (QED) is 0.527. The van der Waals surface area contributed by atoms with Crippen LogP contribution < -0.4 is 5.32 Å². The number of anilines is 1. The number of methoxy groups -OCH3 is 1. The zero-order valence-electron chi connectivity index (χ0n) is 19.0. The Morgan fingerprint density at radius 2 is 2.03 bits per heavy atom. The number of hydrogen-bond acceptors (Lipinski definition) is 10. The fraction of sp³-hybridized carbons (Fsp3) is 0.435. The third-order valence-corrected chi connectivity index (χ3v) is 6.12. The Hall–Kier alpha value is -3.41. The van der Waals surface area contributed by atoms with Gasteiger partial charge >= 0.3 is 0 Å². The number of nitrogens with one attached hydrogen (secondary N) is 1. The number of carbonyl (C=O) groups is 1. The second-order valence-corrected chi connectivity index (χ2v) is 8.57. The third kappa shape index (κ3) is 4.25. The van der Waals surface area contributed by atoms with E-state index in [-0.39, 0.29) is 24.3 Å². The van der Waals surface area contributed by atoms with Crippen LogP contribution >= 0.6 is 0 Å². The second-order valence-electron chi connectivity index (χ2n) is 8.57. The van der Waals surface area contributed by atoms with Crippen LogP contribution in [0.1, 0.15) is 18.6 Å². The zero-order valence-corrected chi connectivity index (χ0v) is 19.0. The molecule has 0 saturated carbocycles. The topological polar surface area (TPSA) is 136 Å². The van der Waals surface area contributed by atoms with E-state index in [0.29, 0.717) is 48.5 Å². The van der Waals surface area contributed by atoms with Crippen molar-refractivity contribution in [3.8, 4) is 22.8 Å². The van der Waals surface area contributed by atoms with E-state index < -0.39 is 11.5 Å². The number of likely N-dealkylation sites (tertiary alicyclic amines) is 1. The molecule has 2 aliphatic heterocycles. The fourth-order valence-corrected chi connectivity index (χ4v) is 4.25. The average molecular weight is 466 g/mol. The summed E-state index contributed by atoms with van der Waals surface area (Å²) in [5, 5.41) is 18.2. The molecule has 2 N–H and O–H groups in total. The average Bonchev–Trinajstić information content (AvgIpc) is 3.58. The standard InChI is InChI=1S/C23H26N6O5/c1-29-9-7-23(31,21(29)30)20-11-19(28-34-20)17-5-3-4-16(26-17)18-6-8-24-22(27-18)25-14-10-15(13-32-2)33-12-14/h3-6,8,11,14-15,31H,7,9-10,12-13H2,1-2H3,(H,24,25,27)/t14?,15?,23-/m1/s1. The summed E-state index contributed by atoms with van der Waals surface area (Å²) < 4.78 is 16.2. The van der Waals surface area contributed by atoms with Gasteiger partial charge in [0.1, 0.15) is 5.69 Å². The van der Waals surface area contributed by atoms with Gasteiger partial charge in [0.05, 0.1) is 42.4 Å². The van der Waals surface area contributed by atoms with Gasteiger partial charge < -0.3 is 29.3 Å². The molecule has 11 nitrogen and oxygen atoms in total. The van der Waals surface area contributed by atoms with E-state index in [1.807, 2.05) is 12.1 Å². The Balaban J connectivity index is 1.34. The molecule has 178 valence electrons. The van der Waals surface area contributed by atoms with Gasteiger partial charge in [-0.2, -0.15) is 0 Å². The van der Waals surface area contributed by atoms with Crippen molar-refractivity contribution >= 4 is 11.9 Å². The fourth-order valence-electron chi connectivity index (χ4n) is 4.25. The monoisotopic (exact) mass is 466 g/mol. The summed E-state index contributed by atoms with van der Waals surface area (Å²) in [7, 11) is 3.30. The molecule has 0 aliphatic carbocycles. The maximum atomic E-state index is 12.4. The number of carbonyl (C=O) groups excluding carboxylic acids is 1. The first-order valence-electron chi connectivity index (χ1n) is 11.1. The van der Waals surface area contributed by atoms with Crippen LogP contribution in [-0.4, -0.2) is 82.1 Å². The number of hydrogen-bond donors (Lipinski definition) is 2. The highest BCUT2D eigenvalue weighted by Gasteiger charge is 2.48. The summed E-state index contributed by atoms with van der Waals surface area (Å²) >= 11 is 0. The van der Waals surface area contributed by atoms with E-state index >= 15 is 0 Å². The van der Waals surface area contributed by atoms with Crippen molar-refractivity contribution < 1.29 is 23.9 Å². The van der Waals surface area contributed by atoms with E-state index in [1.165, 1.54) is 4.90 Å². The lowest BCUT2D eigenvalue weighted by Crippen LogP contribution is -2.35. The summed E-state index contributed by atoms with van der Waals surface area (Å²) in [6, 6.07) is 8.90. The molecule has 3 atom stereocenters. The van der Waals surface area contributed by atoms with Crippen LogP contribution in [0.5, 0.6) is 0 Å². The molecule has 0 radical (unpaired) electrons. The van der Waals surface area contributed by atoms with E-state index in [1.54, 1.807) is 38.6 Å². The molecule has 3 aromatic rings. The molecule has 3 aromatic heterocycles. The van der Waals surface area contributed by atoms with Crippen molar-refractivity contribution in [2.24, 2.45) is 0 Å². The first-order chi connectivity index (χ1) is 16.5. The molecule has 2 unspecified atom stereocenters. The van der Waals surface area contributed by atoms with Crippen LogP contribution in [-0.2, 0) is 19.9 Å². The summed E-state index contributed by atoms with van der Waals surface area (Å²) in [4.78, 5) is 27.4. The molecular formula is C23H26N6O5. The lowest BCUT2D eigenvalue weighted by molar-refractivity contribution is -0.144. The molecule has 0 spiro atoms. The molecule has 2 aliphatic rings. The molecule has 0 bridgehead atoms. The van der Waals surface area contributed by atoms with Crippen molar-refractivity contribution in [2.75, 3.05) is 39.2 Å². The number of amides is 1. The summed E-state index contributed by atoms with van der Waals surface area (Å²) in [6.45, 7) is 1.57. The molecule has 5 heterocycles. The van der Waals surface area contributed by atoms with Crippen LogP contribution in [0.3, 0.4) is 0 Å². The minimum absolute atomic E-state index is 0.0642. The number of likely N-dealkylation sites (N-methyl/N-ethyl adjacent to an activating group) is 1. The number of aliphatic hydroxyl groups is 1. The highest BCUT2D eigenvalue weighted by atomic mass is 16.5. The maximum Gasteiger partial charge on any atom is 0.262 e. The number of ether oxygens (including phenoxy) is 2. The lowest BCUT2D eigenvalue weighted by Gasteiger charge is -2.16. The van der Waals surface area contributed by atoms with Crippen LogP contribution in [0.4, 0.5) is 5.95 Å². The zero-order chi connectivity index (χ0) is 23.7. The highest BCUT2D eigenvalue weighted by Crippen LogP contribution is 2.34. The van der Waals surface area contributed by atoms with Crippen LogP contribution in [0.15, 0.2) is 41.1 Å². The minimum atomic E-state index is -1.70. The third-order valence-electron chi connectivity index (χ3n) is 6.12. The Morgan fingerprint density at radius 1 is 1.24 bits per heavy atom. The lowest BCUT2D eigenvalue weighted by atomic mass is 9.98. The van der Waals surface area contributed by atoms with Gasteiger partial charge in [-0.25, -0.2) is 15.0 Å². The molecule has 2 saturated heterocycles. The van der Waals surface area contributed by atoms with Crippen molar-refractivity contribution in [2.45, 2.75) is 30.6 Å². The first-order valence-corrected chi connectivity index (χ1v) is 11.1. The molecule has 1 amide bonds. The number of pyridine rings is 1. The van der Waals surface area contributed by atoms with Gasteiger partial charge in [-0.3, -0.25) is 4.79 Å². The molecule has 5 rings (SSSR count). The largest absolute Gasteiger partial charge is 0.382 e. The van der Waals surface area contributed by atoms with Gasteiger partial charge in [-0.1, -0.05) is 11.2 Å². The van der Waals surface area contributed by atoms with E-state index in [2.05, 4.69) is 25.4 Å². The summed E-state index contributed by atoms with van der Waals surface area (Å²) in [5.74, 6) is 0.202. The number of aromatic nitrogens is 4. The first kappa shape index (κ1) is 22.4. The van der Waals surface area contributed by atoms with E-state index in [0.717, 1.165) is 6.42 Å². The predicted octanol–water partition coefficient (Wildman–Crippen LogP) is 1.46. The van der Waals surface area contributed by atoms with E-state index in [4.69, 9.17) is 14.0 Å². The number of nitrogens with zero attached hydrogens (tertiary/aromatic N) is 5. The van der Waals surface area contributed by atoms with Crippen molar-refractivity contribution in [1.29, 1.82) is 0 Å². The molecule has 11 heteroatoms. The highest BCUT2D eigenvalue weighted by molar-refractivity contribution is 5.87. The van der Waals surface area contributed by atoms with Gasteiger partial charge in [0, 0.05) is 39.4 Å².